The number of benzene rings is 2. The molecule has 0 spiro atoms. The number of aromatic nitrogens is 2. The number of amides is 1. The zero-order valence-electron chi connectivity index (χ0n) is 14.1. The number of nitrogens with one attached hydrogen (secondary N) is 2. The van der Waals surface area contributed by atoms with Gasteiger partial charge in [-0.2, -0.15) is 10.4 Å². The Balaban J connectivity index is 1.76. The quantitative estimate of drug-likeness (QED) is 0.757. The Hall–Kier alpha value is -3.59. The molecule has 2 aromatic carbocycles. The minimum Gasteiger partial charge on any atom is -0.457 e. The van der Waals surface area contributed by atoms with Crippen LogP contribution >= 0.6 is 0 Å². The Labute approximate surface area is 150 Å². The predicted octanol–water partition coefficient (Wildman–Crippen LogP) is 3.73. The van der Waals surface area contributed by atoms with E-state index in [1.165, 1.54) is 0 Å². The maximum atomic E-state index is 12.3. The highest BCUT2D eigenvalue weighted by Crippen LogP contribution is 2.42. The van der Waals surface area contributed by atoms with Gasteiger partial charge in [0.1, 0.15) is 17.4 Å². The Morgan fingerprint density at radius 1 is 1.12 bits per heavy atom. The first kappa shape index (κ1) is 15.9. The molecule has 1 aromatic heterocycles. The highest BCUT2D eigenvalue weighted by molar-refractivity contribution is 5.98. The second kappa shape index (κ2) is 6.37. The number of anilines is 1. The van der Waals surface area contributed by atoms with Crippen LogP contribution in [0.25, 0.3) is 0 Å². The first-order valence-corrected chi connectivity index (χ1v) is 8.25. The van der Waals surface area contributed by atoms with Gasteiger partial charge < -0.3 is 10.1 Å². The molecule has 3 aromatic rings. The fraction of sp³-hybridized carbons (Fsp3) is 0.150. The van der Waals surface area contributed by atoms with Crippen LogP contribution in [0.1, 0.15) is 22.7 Å². The van der Waals surface area contributed by atoms with Crippen molar-refractivity contribution < 1.29 is 9.53 Å². The molecule has 0 bridgehead atoms. The third kappa shape index (κ3) is 2.70. The topological polar surface area (TPSA) is 90.8 Å². The van der Waals surface area contributed by atoms with E-state index < -0.39 is 11.8 Å². The van der Waals surface area contributed by atoms with Crippen LogP contribution in [0, 0.1) is 24.2 Å². The van der Waals surface area contributed by atoms with Gasteiger partial charge in [0, 0.05) is 17.2 Å². The summed E-state index contributed by atoms with van der Waals surface area (Å²) in [4.78, 5) is 12.3. The Kier molecular flexibility index (Phi) is 3.90. The van der Waals surface area contributed by atoms with E-state index in [9.17, 15) is 10.1 Å². The van der Waals surface area contributed by atoms with E-state index in [2.05, 4.69) is 21.6 Å². The summed E-state index contributed by atoms with van der Waals surface area (Å²) < 4.78 is 5.90. The molecule has 2 N–H and O–H groups in total. The number of H-pyrrole nitrogens is 1. The number of aryl methyl sites for hydroxylation is 1. The number of carbonyl (C=O) groups is 1. The molecule has 0 unspecified atom stereocenters. The monoisotopic (exact) mass is 344 g/mol. The average molecular weight is 344 g/mol. The van der Waals surface area contributed by atoms with Gasteiger partial charge in [-0.25, -0.2) is 0 Å². The number of aromatic amines is 1. The van der Waals surface area contributed by atoms with Gasteiger partial charge in [0.15, 0.2) is 5.82 Å². The van der Waals surface area contributed by atoms with E-state index in [4.69, 9.17) is 4.74 Å². The number of hydrogen-bond acceptors (Lipinski definition) is 4. The van der Waals surface area contributed by atoms with Crippen molar-refractivity contribution in [2.75, 3.05) is 5.32 Å². The first-order chi connectivity index (χ1) is 12.7. The lowest BCUT2D eigenvalue weighted by atomic mass is 9.78. The molecule has 0 radical (unpaired) electrons. The summed E-state index contributed by atoms with van der Waals surface area (Å²) in [7, 11) is 0. The molecule has 6 heteroatoms. The molecule has 0 aliphatic carbocycles. The molecule has 128 valence electrons. The van der Waals surface area contributed by atoms with E-state index in [0.717, 1.165) is 22.6 Å². The largest absolute Gasteiger partial charge is 0.457 e. The van der Waals surface area contributed by atoms with Crippen molar-refractivity contribution in [2.24, 2.45) is 5.92 Å². The van der Waals surface area contributed by atoms with E-state index >= 15 is 0 Å². The summed E-state index contributed by atoms with van der Waals surface area (Å²) in [5, 5.41) is 19.3. The van der Waals surface area contributed by atoms with Gasteiger partial charge >= 0.3 is 0 Å². The zero-order valence-corrected chi connectivity index (χ0v) is 14.1. The Morgan fingerprint density at radius 2 is 1.88 bits per heavy atom. The van der Waals surface area contributed by atoms with Crippen molar-refractivity contribution in [3.63, 3.8) is 0 Å². The van der Waals surface area contributed by atoms with Crippen molar-refractivity contribution in [2.45, 2.75) is 12.8 Å². The number of nitrogens with zero attached hydrogens (tertiary/aromatic N) is 2. The number of para-hydroxylation sites is 1. The van der Waals surface area contributed by atoms with Crippen LogP contribution in [0.3, 0.4) is 0 Å². The van der Waals surface area contributed by atoms with E-state index in [1.807, 2.05) is 61.5 Å². The Morgan fingerprint density at radius 3 is 2.65 bits per heavy atom. The average Bonchev–Trinajstić information content (AvgIpc) is 3.02. The molecule has 0 fully saturated rings. The maximum absolute atomic E-state index is 12.3. The van der Waals surface area contributed by atoms with Crippen molar-refractivity contribution in [1.29, 1.82) is 5.26 Å². The van der Waals surface area contributed by atoms with Crippen molar-refractivity contribution in [3.8, 4) is 17.6 Å². The number of ether oxygens (including phenoxy) is 1. The molecule has 6 nitrogen and oxygen atoms in total. The normalized spacial score (nSPS) is 18.5. The maximum Gasteiger partial charge on any atom is 0.243 e. The molecule has 26 heavy (non-hydrogen) atoms. The van der Waals surface area contributed by atoms with Gasteiger partial charge in [0.25, 0.3) is 0 Å². The van der Waals surface area contributed by atoms with E-state index in [1.54, 1.807) is 0 Å². The van der Waals surface area contributed by atoms with Crippen LogP contribution in [0.4, 0.5) is 5.82 Å². The first-order valence-electron chi connectivity index (χ1n) is 8.25. The second-order valence-electron chi connectivity index (χ2n) is 6.17. The van der Waals surface area contributed by atoms with E-state index in [0.29, 0.717) is 11.6 Å². The number of rotatable bonds is 3. The lowest BCUT2D eigenvalue weighted by Crippen LogP contribution is -2.33. The summed E-state index contributed by atoms with van der Waals surface area (Å²) in [6, 6.07) is 19.1. The number of nitriles is 1. The summed E-state index contributed by atoms with van der Waals surface area (Å²) in [6.45, 7) is 1.88. The van der Waals surface area contributed by atoms with Crippen molar-refractivity contribution >= 4 is 11.7 Å². The molecular weight excluding hydrogens is 328 g/mol. The molecule has 1 aliphatic heterocycles. The minimum atomic E-state index is -0.828. The standard InChI is InChI=1S/C20H16N4O2/c1-12-17-18(16(11-21)20(25)22-19(17)24-23-12)13-6-5-9-15(10-13)26-14-7-3-2-4-8-14/h2-10,16,18H,1H3,(H2,22,23,24,25)/t16-,18+/m1/s1. The van der Waals surface area contributed by atoms with Crippen molar-refractivity contribution in [1.82, 2.24) is 10.2 Å². The van der Waals surface area contributed by atoms with Crippen LogP contribution in [0.5, 0.6) is 11.5 Å². The van der Waals surface area contributed by atoms with Gasteiger partial charge in [-0.3, -0.25) is 9.89 Å². The number of fused-ring (bicyclic) bond motifs is 1. The Bertz CT molecular complexity index is 1000. The minimum absolute atomic E-state index is 0.342. The SMILES string of the molecule is Cc1[nH]nc2c1[C@@H](c1cccc(Oc3ccccc3)c1)[C@@H](C#N)C(=O)N2. The van der Waals surface area contributed by atoms with Crippen LogP contribution in [0.2, 0.25) is 0 Å². The van der Waals surface area contributed by atoms with E-state index in [-0.39, 0.29) is 5.91 Å². The molecular formula is C20H16N4O2. The van der Waals surface area contributed by atoms with Gasteiger partial charge in [0.2, 0.25) is 5.91 Å². The van der Waals surface area contributed by atoms with Crippen molar-refractivity contribution in [3.05, 3.63) is 71.4 Å². The molecule has 0 saturated carbocycles. The summed E-state index contributed by atoms with van der Waals surface area (Å²) in [5.74, 6) is 0.291. The third-order valence-corrected chi connectivity index (χ3v) is 4.50. The highest BCUT2D eigenvalue weighted by atomic mass is 16.5. The molecule has 1 amide bonds. The highest BCUT2D eigenvalue weighted by Gasteiger charge is 2.39. The predicted molar refractivity (Wildman–Crippen MR) is 95.9 cm³/mol. The smallest absolute Gasteiger partial charge is 0.243 e. The zero-order chi connectivity index (χ0) is 18.1. The molecule has 4 rings (SSSR count). The summed E-state index contributed by atoms with van der Waals surface area (Å²) in [5.41, 5.74) is 2.51. The van der Waals surface area contributed by atoms with Gasteiger partial charge in [-0.05, 0) is 36.8 Å². The fourth-order valence-corrected chi connectivity index (χ4v) is 3.31. The number of hydrogen-bond donors (Lipinski definition) is 2. The van der Waals surface area contributed by atoms with Crippen LogP contribution in [-0.2, 0) is 4.79 Å². The van der Waals surface area contributed by atoms with Gasteiger partial charge in [-0.15, -0.1) is 0 Å². The van der Waals surface area contributed by atoms with Crippen LogP contribution < -0.4 is 10.1 Å². The lowest BCUT2D eigenvalue weighted by Gasteiger charge is -2.27. The fourth-order valence-electron chi connectivity index (χ4n) is 3.31. The molecule has 0 saturated heterocycles. The summed E-state index contributed by atoms with van der Waals surface area (Å²) in [6.07, 6.45) is 0. The third-order valence-electron chi connectivity index (χ3n) is 4.50. The van der Waals surface area contributed by atoms with Gasteiger partial charge in [-0.1, -0.05) is 30.3 Å². The second-order valence-corrected chi connectivity index (χ2v) is 6.17. The number of carbonyl (C=O) groups excluding carboxylic acids is 1. The molecule has 1 aliphatic rings. The molecule has 2 atom stereocenters. The summed E-state index contributed by atoms with van der Waals surface area (Å²) >= 11 is 0. The van der Waals surface area contributed by atoms with Gasteiger partial charge in [0.05, 0.1) is 6.07 Å². The van der Waals surface area contributed by atoms with Crippen LogP contribution in [-0.4, -0.2) is 16.1 Å². The molecule has 2 heterocycles. The lowest BCUT2D eigenvalue weighted by molar-refractivity contribution is -0.119. The van der Waals surface area contributed by atoms with Crippen LogP contribution in [0.15, 0.2) is 54.6 Å².